The third-order valence-electron chi connectivity index (χ3n) is 5.32. The van der Waals surface area contributed by atoms with Crippen LogP contribution in [0.25, 0.3) is 0 Å². The van der Waals surface area contributed by atoms with Crippen LogP contribution in [0, 0.1) is 25.7 Å². The molecule has 1 aliphatic carbocycles. The Morgan fingerprint density at radius 1 is 1.16 bits per heavy atom. The summed E-state index contributed by atoms with van der Waals surface area (Å²) in [7, 11) is 0. The van der Waals surface area contributed by atoms with Crippen molar-refractivity contribution >= 4 is 11.9 Å². The van der Waals surface area contributed by atoms with Crippen molar-refractivity contribution in [3.8, 4) is 5.75 Å². The van der Waals surface area contributed by atoms with Crippen LogP contribution in [0.4, 0.5) is 0 Å². The number of hydrogen-bond acceptors (Lipinski definition) is 4. The Kier molecular flexibility index (Phi) is 6.85. The van der Waals surface area contributed by atoms with Crippen LogP contribution in [0.3, 0.4) is 0 Å². The molecule has 5 heteroatoms. The number of amides is 1. The van der Waals surface area contributed by atoms with E-state index in [2.05, 4.69) is 19.2 Å². The highest BCUT2D eigenvalue weighted by molar-refractivity contribution is 5.81. The molecule has 0 spiro atoms. The summed E-state index contributed by atoms with van der Waals surface area (Å²) >= 11 is 0. The summed E-state index contributed by atoms with van der Waals surface area (Å²) < 4.78 is 10.5. The van der Waals surface area contributed by atoms with E-state index in [0.29, 0.717) is 17.6 Å². The lowest BCUT2D eigenvalue weighted by molar-refractivity contribution is -0.150. The molecule has 1 N–H and O–H groups in total. The molecule has 3 atom stereocenters. The Hall–Kier alpha value is -2.04. The first-order valence-electron chi connectivity index (χ1n) is 9.02. The number of carbonyl (C=O) groups is 2. The molecule has 2 rings (SSSR count). The Bertz CT molecular complexity index is 614. The lowest BCUT2D eigenvalue weighted by Gasteiger charge is -2.34. The van der Waals surface area contributed by atoms with Crippen molar-refractivity contribution in [3.05, 3.63) is 29.3 Å². The van der Waals surface area contributed by atoms with E-state index in [0.717, 1.165) is 24.0 Å². The van der Waals surface area contributed by atoms with Crippen molar-refractivity contribution in [1.82, 2.24) is 5.32 Å². The minimum Gasteiger partial charge on any atom is -0.482 e. The normalized spacial score (nSPS) is 23.0. The van der Waals surface area contributed by atoms with Gasteiger partial charge in [-0.15, -0.1) is 0 Å². The Morgan fingerprint density at radius 3 is 2.68 bits per heavy atom. The summed E-state index contributed by atoms with van der Waals surface area (Å²) in [5, 5.41) is 2.99. The smallest absolute Gasteiger partial charge is 0.344 e. The van der Waals surface area contributed by atoms with Crippen molar-refractivity contribution in [1.29, 1.82) is 0 Å². The van der Waals surface area contributed by atoms with Crippen LogP contribution < -0.4 is 10.1 Å². The van der Waals surface area contributed by atoms with E-state index in [1.165, 1.54) is 6.42 Å². The van der Waals surface area contributed by atoms with Crippen molar-refractivity contribution in [3.63, 3.8) is 0 Å². The van der Waals surface area contributed by atoms with Gasteiger partial charge in [-0.3, -0.25) is 4.79 Å². The Morgan fingerprint density at radius 2 is 1.92 bits per heavy atom. The third kappa shape index (κ3) is 5.48. The van der Waals surface area contributed by atoms with E-state index in [-0.39, 0.29) is 25.2 Å². The summed E-state index contributed by atoms with van der Waals surface area (Å²) in [5.41, 5.74) is 2.09. The first-order chi connectivity index (χ1) is 11.9. The van der Waals surface area contributed by atoms with Crippen LogP contribution in [0.5, 0.6) is 5.75 Å². The fourth-order valence-corrected chi connectivity index (χ4v) is 3.24. The van der Waals surface area contributed by atoms with Gasteiger partial charge >= 0.3 is 5.97 Å². The number of benzene rings is 1. The van der Waals surface area contributed by atoms with Gasteiger partial charge < -0.3 is 14.8 Å². The van der Waals surface area contributed by atoms with Gasteiger partial charge in [-0.2, -0.15) is 0 Å². The van der Waals surface area contributed by atoms with Crippen LogP contribution in [0.15, 0.2) is 18.2 Å². The van der Waals surface area contributed by atoms with Gasteiger partial charge in [0.25, 0.3) is 5.91 Å². The number of rotatable bonds is 6. The second-order valence-corrected chi connectivity index (χ2v) is 7.09. The molecule has 0 aliphatic heterocycles. The zero-order valence-electron chi connectivity index (χ0n) is 15.6. The highest BCUT2D eigenvalue weighted by Gasteiger charge is 2.28. The zero-order valence-corrected chi connectivity index (χ0v) is 15.6. The van der Waals surface area contributed by atoms with Gasteiger partial charge in [-0.05, 0) is 49.3 Å². The van der Waals surface area contributed by atoms with Gasteiger partial charge in [-0.1, -0.05) is 38.8 Å². The van der Waals surface area contributed by atoms with Crippen LogP contribution in [0.1, 0.15) is 44.2 Å². The number of carbonyl (C=O) groups excluding carboxylic acids is 2. The molecule has 1 amide bonds. The van der Waals surface area contributed by atoms with E-state index in [1.807, 2.05) is 32.0 Å². The average Bonchev–Trinajstić information content (AvgIpc) is 2.58. The quantitative estimate of drug-likeness (QED) is 0.803. The van der Waals surface area contributed by atoms with Crippen LogP contribution >= 0.6 is 0 Å². The highest BCUT2D eigenvalue weighted by atomic mass is 16.6. The largest absolute Gasteiger partial charge is 0.482 e. The first-order valence-corrected chi connectivity index (χ1v) is 9.02. The zero-order chi connectivity index (χ0) is 18.4. The molecule has 1 aliphatic rings. The number of nitrogens with one attached hydrogen (secondary N) is 1. The number of aryl methyl sites for hydroxylation is 1. The minimum atomic E-state index is -0.541. The van der Waals surface area contributed by atoms with Crippen LogP contribution in [-0.2, 0) is 14.3 Å². The van der Waals surface area contributed by atoms with Gasteiger partial charge in [0.1, 0.15) is 5.75 Å². The van der Waals surface area contributed by atoms with Gasteiger partial charge in [-0.25, -0.2) is 4.79 Å². The summed E-state index contributed by atoms with van der Waals surface area (Å²) in [6, 6.07) is 5.84. The van der Waals surface area contributed by atoms with Crippen molar-refractivity contribution in [2.45, 2.75) is 53.0 Å². The van der Waals surface area contributed by atoms with E-state index in [9.17, 15) is 9.59 Å². The fourth-order valence-electron chi connectivity index (χ4n) is 3.24. The molecule has 5 nitrogen and oxygen atoms in total. The first kappa shape index (κ1) is 19.3. The second kappa shape index (κ2) is 8.88. The maximum Gasteiger partial charge on any atom is 0.344 e. The SMILES string of the molecule is Cc1cccc(OCC(=O)OCC(=O)N[C@H]2CCC[C@@H](C)[C@@H]2C)c1C. The Balaban J connectivity index is 1.72. The van der Waals surface area contributed by atoms with Crippen LogP contribution in [-0.4, -0.2) is 31.1 Å². The fraction of sp³-hybridized carbons (Fsp3) is 0.600. The molecule has 0 radical (unpaired) electrons. The minimum absolute atomic E-state index is 0.168. The van der Waals surface area contributed by atoms with E-state index < -0.39 is 5.97 Å². The van der Waals surface area contributed by atoms with Gasteiger partial charge in [0.15, 0.2) is 13.2 Å². The molecule has 1 fully saturated rings. The van der Waals surface area contributed by atoms with Crippen molar-refractivity contribution in [2.24, 2.45) is 11.8 Å². The average molecular weight is 347 g/mol. The number of hydrogen-bond donors (Lipinski definition) is 1. The molecule has 0 bridgehead atoms. The molecule has 138 valence electrons. The maximum atomic E-state index is 12.0. The molecule has 0 saturated heterocycles. The van der Waals surface area contributed by atoms with E-state index in [1.54, 1.807) is 0 Å². The van der Waals surface area contributed by atoms with Gasteiger partial charge in [0.05, 0.1) is 0 Å². The summed E-state index contributed by atoms with van der Waals surface area (Å²) in [6.45, 7) is 7.85. The molecule has 1 aromatic carbocycles. The predicted octanol–water partition coefficient (Wildman–Crippen LogP) is 3.17. The molecule has 1 aromatic rings. The van der Waals surface area contributed by atoms with Gasteiger partial charge in [0, 0.05) is 6.04 Å². The monoisotopic (exact) mass is 347 g/mol. The molecular weight excluding hydrogens is 318 g/mol. The summed E-state index contributed by atoms with van der Waals surface area (Å²) in [5.74, 6) is 0.923. The highest BCUT2D eigenvalue weighted by Crippen LogP contribution is 2.29. The number of ether oxygens (including phenoxy) is 2. The second-order valence-electron chi connectivity index (χ2n) is 7.09. The summed E-state index contributed by atoms with van der Waals surface area (Å²) in [4.78, 5) is 23.8. The molecule has 1 saturated carbocycles. The Labute approximate surface area is 150 Å². The van der Waals surface area contributed by atoms with E-state index in [4.69, 9.17) is 9.47 Å². The molecule has 0 unspecified atom stereocenters. The lowest BCUT2D eigenvalue weighted by atomic mass is 9.78. The molecule has 0 heterocycles. The predicted molar refractivity (Wildman–Crippen MR) is 96.5 cm³/mol. The topological polar surface area (TPSA) is 64.6 Å². The van der Waals surface area contributed by atoms with Gasteiger partial charge in [0.2, 0.25) is 0 Å². The molecule has 0 aromatic heterocycles. The maximum absolute atomic E-state index is 12.0. The molecular formula is C20H29NO4. The van der Waals surface area contributed by atoms with Crippen molar-refractivity contribution in [2.75, 3.05) is 13.2 Å². The lowest BCUT2D eigenvalue weighted by Crippen LogP contribution is -2.45. The van der Waals surface area contributed by atoms with Crippen LogP contribution in [0.2, 0.25) is 0 Å². The van der Waals surface area contributed by atoms with Crippen molar-refractivity contribution < 1.29 is 19.1 Å². The standard InChI is InChI=1S/C20H29NO4/c1-13-7-5-9-17(15(13)3)21-19(22)11-25-20(23)12-24-18-10-6-8-14(2)16(18)4/h6,8,10,13,15,17H,5,7,9,11-12H2,1-4H3,(H,21,22)/t13-,15+,17+/m1/s1. The van der Waals surface area contributed by atoms with E-state index >= 15 is 0 Å². The summed E-state index contributed by atoms with van der Waals surface area (Å²) in [6.07, 6.45) is 3.32. The third-order valence-corrected chi connectivity index (χ3v) is 5.32. The number of esters is 1. The molecule has 25 heavy (non-hydrogen) atoms.